The second-order valence-electron chi connectivity index (χ2n) is 4.31. The van der Waals surface area contributed by atoms with Crippen LogP contribution in [-0.2, 0) is 22.6 Å². The van der Waals surface area contributed by atoms with Gasteiger partial charge in [0.15, 0.2) is 0 Å². The maximum Gasteiger partial charge on any atom is 0.310 e. The van der Waals surface area contributed by atoms with Crippen molar-refractivity contribution in [2.45, 2.75) is 26.9 Å². The molecular formula is C14H13BrFNO2S. The molecule has 0 bridgehead atoms. The smallest absolute Gasteiger partial charge is 0.310 e. The van der Waals surface area contributed by atoms with Crippen LogP contribution in [0.3, 0.4) is 0 Å². The monoisotopic (exact) mass is 357 g/mol. The summed E-state index contributed by atoms with van der Waals surface area (Å²) in [5.74, 6) is -0.859. The minimum Gasteiger partial charge on any atom is -0.460 e. The molecule has 6 heteroatoms. The highest BCUT2D eigenvalue weighted by atomic mass is 79.9. The van der Waals surface area contributed by atoms with Gasteiger partial charge < -0.3 is 4.74 Å². The van der Waals surface area contributed by atoms with Gasteiger partial charge in [0.2, 0.25) is 0 Å². The zero-order valence-electron chi connectivity index (χ0n) is 11.1. The summed E-state index contributed by atoms with van der Waals surface area (Å²) < 4.78 is 19.4. The minimum absolute atomic E-state index is 0.0812. The van der Waals surface area contributed by atoms with Gasteiger partial charge in [0.1, 0.15) is 12.4 Å². The van der Waals surface area contributed by atoms with Crippen LogP contribution in [0.1, 0.15) is 21.1 Å². The molecule has 1 heterocycles. The van der Waals surface area contributed by atoms with E-state index in [4.69, 9.17) is 4.74 Å². The van der Waals surface area contributed by atoms with Gasteiger partial charge in [-0.2, -0.15) is 0 Å². The Morgan fingerprint density at radius 2 is 2.20 bits per heavy atom. The average Bonchev–Trinajstić information content (AvgIpc) is 2.70. The first-order chi connectivity index (χ1) is 9.45. The number of aromatic nitrogens is 1. The van der Waals surface area contributed by atoms with Gasteiger partial charge in [0.25, 0.3) is 0 Å². The van der Waals surface area contributed by atoms with Gasteiger partial charge >= 0.3 is 5.97 Å². The first-order valence-corrected chi connectivity index (χ1v) is 7.59. The van der Waals surface area contributed by atoms with E-state index < -0.39 is 11.8 Å². The summed E-state index contributed by atoms with van der Waals surface area (Å²) >= 11 is 4.75. The standard InChI is InChI=1S/C14H13BrFNO2S/c1-8-13(20-9(2)17-8)7-19-14(18)6-10-5-11(15)3-4-12(10)16/h3-5H,6-7H2,1-2H3. The molecule has 106 valence electrons. The molecule has 0 radical (unpaired) electrons. The number of esters is 1. The highest BCUT2D eigenvalue weighted by molar-refractivity contribution is 9.10. The predicted molar refractivity (Wildman–Crippen MR) is 79.2 cm³/mol. The largest absolute Gasteiger partial charge is 0.460 e. The lowest BCUT2D eigenvalue weighted by Crippen LogP contribution is -2.09. The number of hydrogen-bond acceptors (Lipinski definition) is 4. The second-order valence-corrected chi connectivity index (χ2v) is 6.52. The summed E-state index contributed by atoms with van der Waals surface area (Å²) in [5.41, 5.74) is 1.19. The van der Waals surface area contributed by atoms with Crippen LogP contribution in [0.4, 0.5) is 4.39 Å². The van der Waals surface area contributed by atoms with Crippen LogP contribution in [0.2, 0.25) is 0 Å². The van der Waals surface area contributed by atoms with E-state index in [0.29, 0.717) is 5.56 Å². The van der Waals surface area contributed by atoms with E-state index in [0.717, 1.165) is 20.1 Å². The van der Waals surface area contributed by atoms with Gasteiger partial charge in [-0.1, -0.05) is 15.9 Å². The molecule has 0 unspecified atom stereocenters. The third-order valence-corrected chi connectivity index (χ3v) is 4.25. The number of carbonyl (C=O) groups excluding carboxylic acids is 1. The van der Waals surface area contributed by atoms with Crippen LogP contribution >= 0.6 is 27.3 Å². The lowest BCUT2D eigenvalue weighted by Gasteiger charge is -2.05. The van der Waals surface area contributed by atoms with Gasteiger partial charge in [0.05, 0.1) is 22.0 Å². The topological polar surface area (TPSA) is 39.2 Å². The summed E-state index contributed by atoms with van der Waals surface area (Å²) in [5, 5.41) is 0.937. The Morgan fingerprint density at radius 1 is 1.45 bits per heavy atom. The van der Waals surface area contributed by atoms with Crippen LogP contribution < -0.4 is 0 Å². The van der Waals surface area contributed by atoms with Crippen LogP contribution in [0.15, 0.2) is 22.7 Å². The zero-order valence-corrected chi connectivity index (χ0v) is 13.5. The van der Waals surface area contributed by atoms with Crippen LogP contribution in [0.25, 0.3) is 0 Å². The summed E-state index contributed by atoms with van der Waals surface area (Å²) in [6.07, 6.45) is -0.0812. The first-order valence-electron chi connectivity index (χ1n) is 5.98. The molecule has 0 saturated heterocycles. The molecule has 0 amide bonds. The number of halogens is 2. The maximum absolute atomic E-state index is 13.5. The van der Waals surface area contributed by atoms with Crippen molar-refractivity contribution in [3.8, 4) is 0 Å². The summed E-state index contributed by atoms with van der Waals surface area (Å²) in [6.45, 7) is 3.96. The molecule has 3 nitrogen and oxygen atoms in total. The Morgan fingerprint density at radius 3 is 2.85 bits per heavy atom. The molecule has 1 aromatic carbocycles. The zero-order chi connectivity index (χ0) is 14.7. The maximum atomic E-state index is 13.5. The van der Waals surface area contributed by atoms with Crippen molar-refractivity contribution in [2.24, 2.45) is 0 Å². The molecule has 1 aromatic heterocycles. The molecule has 2 aromatic rings. The molecule has 2 rings (SSSR count). The first kappa shape index (κ1) is 15.1. The molecular weight excluding hydrogens is 345 g/mol. The number of benzene rings is 1. The fourth-order valence-electron chi connectivity index (χ4n) is 1.74. The van der Waals surface area contributed by atoms with E-state index >= 15 is 0 Å². The fraction of sp³-hybridized carbons (Fsp3) is 0.286. The van der Waals surface area contributed by atoms with E-state index in [1.807, 2.05) is 13.8 Å². The van der Waals surface area contributed by atoms with Crippen molar-refractivity contribution >= 4 is 33.2 Å². The number of aryl methyl sites for hydroxylation is 2. The van der Waals surface area contributed by atoms with Gasteiger partial charge in [0, 0.05) is 10.0 Å². The second kappa shape index (κ2) is 6.45. The third kappa shape index (κ3) is 3.86. The minimum atomic E-state index is -0.451. The normalized spacial score (nSPS) is 10.6. The average molecular weight is 358 g/mol. The highest BCUT2D eigenvalue weighted by Gasteiger charge is 2.12. The lowest BCUT2D eigenvalue weighted by molar-refractivity contribution is -0.144. The van der Waals surface area contributed by atoms with Crippen molar-refractivity contribution in [1.29, 1.82) is 0 Å². The number of ether oxygens (including phenoxy) is 1. The molecule has 0 aliphatic heterocycles. The van der Waals surface area contributed by atoms with Crippen LogP contribution in [0, 0.1) is 19.7 Å². The molecule has 0 fully saturated rings. The van der Waals surface area contributed by atoms with E-state index in [9.17, 15) is 9.18 Å². The number of hydrogen-bond donors (Lipinski definition) is 0. The third-order valence-electron chi connectivity index (χ3n) is 2.71. The molecule has 0 spiro atoms. The quantitative estimate of drug-likeness (QED) is 0.777. The summed E-state index contributed by atoms with van der Waals surface area (Å²) in [6, 6.07) is 4.50. The fourth-order valence-corrected chi connectivity index (χ4v) is 3.00. The Kier molecular flexibility index (Phi) is 4.88. The molecule has 0 saturated carbocycles. The van der Waals surface area contributed by atoms with Crippen molar-refractivity contribution in [3.63, 3.8) is 0 Å². The van der Waals surface area contributed by atoms with Crippen molar-refractivity contribution in [1.82, 2.24) is 4.98 Å². The number of nitrogens with zero attached hydrogens (tertiary/aromatic N) is 1. The SMILES string of the molecule is Cc1nc(C)c(COC(=O)Cc2cc(Br)ccc2F)s1. The summed E-state index contributed by atoms with van der Waals surface area (Å²) in [7, 11) is 0. The summed E-state index contributed by atoms with van der Waals surface area (Å²) in [4.78, 5) is 16.9. The van der Waals surface area contributed by atoms with Gasteiger partial charge in [-0.15, -0.1) is 11.3 Å². The van der Waals surface area contributed by atoms with Gasteiger partial charge in [-0.05, 0) is 32.0 Å². The van der Waals surface area contributed by atoms with E-state index in [-0.39, 0.29) is 13.0 Å². The van der Waals surface area contributed by atoms with E-state index in [1.54, 1.807) is 12.1 Å². The predicted octanol–water partition coefficient (Wildman–Crippen LogP) is 3.95. The van der Waals surface area contributed by atoms with E-state index in [2.05, 4.69) is 20.9 Å². The van der Waals surface area contributed by atoms with Gasteiger partial charge in [-0.3, -0.25) is 4.79 Å². The van der Waals surface area contributed by atoms with Gasteiger partial charge in [-0.25, -0.2) is 9.37 Å². The van der Waals surface area contributed by atoms with Crippen molar-refractivity contribution in [3.05, 3.63) is 49.6 Å². The molecule has 20 heavy (non-hydrogen) atoms. The molecule has 0 aliphatic carbocycles. The molecule has 0 N–H and O–H groups in total. The Balaban J connectivity index is 1.96. The van der Waals surface area contributed by atoms with Crippen molar-refractivity contribution in [2.75, 3.05) is 0 Å². The molecule has 0 atom stereocenters. The Bertz CT molecular complexity index is 642. The number of carbonyl (C=O) groups is 1. The van der Waals surface area contributed by atoms with Crippen LogP contribution in [-0.4, -0.2) is 11.0 Å². The molecule has 0 aliphatic rings. The highest BCUT2D eigenvalue weighted by Crippen LogP contribution is 2.19. The van der Waals surface area contributed by atoms with Crippen molar-refractivity contribution < 1.29 is 13.9 Å². The van der Waals surface area contributed by atoms with E-state index in [1.165, 1.54) is 17.4 Å². The van der Waals surface area contributed by atoms with Crippen LogP contribution in [0.5, 0.6) is 0 Å². The Hall–Kier alpha value is -1.27. The number of thiazole rings is 1. The Labute approximate surface area is 128 Å². The number of rotatable bonds is 4. The lowest BCUT2D eigenvalue weighted by atomic mass is 10.1.